The number of carbonyl (C=O) groups excluding carboxylic acids is 1. The van der Waals surface area contributed by atoms with E-state index in [2.05, 4.69) is 37.3 Å². The lowest BCUT2D eigenvalue weighted by Crippen LogP contribution is -2.60. The average molecular weight is 744 g/mol. The van der Waals surface area contributed by atoms with Crippen LogP contribution in [0.25, 0.3) is 0 Å². The zero-order chi connectivity index (χ0) is 37.9. The van der Waals surface area contributed by atoms with E-state index in [-0.39, 0.29) is 12.1 Å². The fraction of sp³-hybridized carbons (Fsp3) is 0.952. The van der Waals surface area contributed by atoms with Crippen molar-refractivity contribution in [2.24, 2.45) is 4.99 Å². The van der Waals surface area contributed by atoms with Crippen molar-refractivity contribution in [2.75, 3.05) is 27.2 Å². The predicted octanol–water partition coefficient (Wildman–Crippen LogP) is 11.9. The molecule has 0 radical (unpaired) electrons. The van der Waals surface area contributed by atoms with Crippen LogP contribution >= 0.6 is 0 Å². The maximum absolute atomic E-state index is 12.7. The van der Waals surface area contributed by atoms with Crippen molar-refractivity contribution < 1.29 is 26.4 Å². The molecule has 9 heteroatoms. The fourth-order valence-corrected chi connectivity index (χ4v) is 7.19. The SMILES string of the molecule is CCCCCCCCCCCCCCCCCC(=O)NC(C)[N+]1(C)CCN=C1CCCCCCCCCCCCCCCCC.COS(=O)(=O)[O-]. The van der Waals surface area contributed by atoms with E-state index in [4.69, 9.17) is 4.99 Å². The van der Waals surface area contributed by atoms with Crippen LogP contribution in [0, 0.1) is 0 Å². The van der Waals surface area contributed by atoms with Gasteiger partial charge >= 0.3 is 0 Å². The van der Waals surface area contributed by atoms with Crippen molar-refractivity contribution in [3.05, 3.63) is 0 Å². The molecule has 0 saturated heterocycles. The Morgan fingerprint density at radius 1 is 0.667 bits per heavy atom. The van der Waals surface area contributed by atoms with Gasteiger partial charge in [0.1, 0.15) is 6.54 Å². The first-order valence-corrected chi connectivity index (χ1v) is 23.1. The molecule has 1 aliphatic rings. The molecule has 0 saturated carbocycles. The second-order valence-electron chi connectivity index (χ2n) is 15.5. The first-order chi connectivity index (χ1) is 24.6. The molecule has 1 amide bonds. The molecule has 2 atom stereocenters. The minimum absolute atomic E-state index is 0.117. The molecule has 0 fully saturated rings. The van der Waals surface area contributed by atoms with Gasteiger partial charge in [-0.2, -0.15) is 0 Å². The van der Waals surface area contributed by atoms with Crippen molar-refractivity contribution in [3.63, 3.8) is 0 Å². The van der Waals surface area contributed by atoms with Gasteiger partial charge in [-0.05, 0) is 12.8 Å². The maximum atomic E-state index is 12.7. The molecule has 51 heavy (non-hydrogen) atoms. The van der Waals surface area contributed by atoms with E-state index in [1.165, 1.54) is 192 Å². The number of amides is 1. The van der Waals surface area contributed by atoms with Crippen molar-refractivity contribution in [1.29, 1.82) is 0 Å². The van der Waals surface area contributed by atoms with Gasteiger partial charge in [0.05, 0.1) is 20.7 Å². The summed E-state index contributed by atoms with van der Waals surface area (Å²) in [5.74, 6) is 1.54. The summed E-state index contributed by atoms with van der Waals surface area (Å²) in [4.78, 5) is 17.6. The molecule has 0 aliphatic carbocycles. The molecule has 1 heterocycles. The Labute approximate surface area is 317 Å². The number of quaternary nitrogens is 1. The lowest BCUT2D eigenvalue weighted by atomic mass is 10.0. The molecule has 1 aliphatic heterocycles. The highest BCUT2D eigenvalue weighted by Crippen LogP contribution is 2.22. The van der Waals surface area contributed by atoms with Gasteiger partial charge in [0.25, 0.3) is 0 Å². The van der Waals surface area contributed by atoms with Crippen LogP contribution in [-0.4, -0.2) is 62.6 Å². The van der Waals surface area contributed by atoms with E-state index in [1.54, 1.807) is 0 Å². The minimum atomic E-state index is -4.41. The topological polar surface area (TPSA) is 108 Å². The number of nitrogens with one attached hydrogen (secondary N) is 1. The first kappa shape index (κ1) is 50.0. The van der Waals surface area contributed by atoms with Crippen LogP contribution in [-0.2, 0) is 19.4 Å². The van der Waals surface area contributed by atoms with Gasteiger partial charge in [-0.1, -0.05) is 194 Å². The molecule has 1 N–H and O–H groups in total. The van der Waals surface area contributed by atoms with Crippen LogP contribution in [0.5, 0.6) is 0 Å². The van der Waals surface area contributed by atoms with Gasteiger partial charge in [-0.15, -0.1) is 0 Å². The van der Waals surface area contributed by atoms with Crippen molar-refractivity contribution in [2.45, 2.75) is 232 Å². The molecule has 2 unspecified atom stereocenters. The summed E-state index contributed by atoms with van der Waals surface area (Å²) < 4.78 is 31.8. The lowest BCUT2D eigenvalue weighted by Gasteiger charge is -2.36. The highest BCUT2D eigenvalue weighted by atomic mass is 32.3. The number of amidine groups is 1. The molecular weight excluding hydrogens is 659 g/mol. The molecule has 0 aromatic carbocycles. The van der Waals surface area contributed by atoms with Crippen LogP contribution in [0.1, 0.15) is 226 Å². The highest BCUT2D eigenvalue weighted by molar-refractivity contribution is 7.80. The van der Waals surface area contributed by atoms with E-state index in [1.807, 2.05) is 0 Å². The van der Waals surface area contributed by atoms with Crippen molar-refractivity contribution >= 4 is 22.1 Å². The third kappa shape index (κ3) is 31.1. The van der Waals surface area contributed by atoms with Crippen molar-refractivity contribution in [3.8, 4) is 0 Å². The average Bonchev–Trinajstić information content (AvgIpc) is 3.49. The largest absolute Gasteiger partial charge is 0.726 e. The molecule has 0 spiro atoms. The first-order valence-electron chi connectivity index (χ1n) is 21.8. The number of rotatable bonds is 35. The van der Waals surface area contributed by atoms with Crippen LogP contribution < -0.4 is 5.32 Å². The van der Waals surface area contributed by atoms with Crippen molar-refractivity contribution in [1.82, 2.24) is 5.32 Å². The van der Waals surface area contributed by atoms with Gasteiger partial charge in [0.15, 0.2) is 12.0 Å². The molecule has 304 valence electrons. The summed E-state index contributed by atoms with van der Waals surface area (Å²) in [7, 11) is -1.32. The van der Waals surface area contributed by atoms with E-state index < -0.39 is 10.4 Å². The van der Waals surface area contributed by atoms with Gasteiger partial charge in [0, 0.05) is 19.8 Å². The second kappa shape index (κ2) is 34.7. The molecule has 0 aromatic heterocycles. The fourth-order valence-electron chi connectivity index (χ4n) is 7.19. The third-order valence-electron chi connectivity index (χ3n) is 10.9. The summed E-state index contributed by atoms with van der Waals surface area (Å²) in [6.45, 7) is 8.71. The zero-order valence-corrected chi connectivity index (χ0v) is 35.3. The monoisotopic (exact) mass is 744 g/mol. The summed E-state index contributed by atoms with van der Waals surface area (Å²) >= 11 is 0. The molecule has 1 rings (SSSR count). The van der Waals surface area contributed by atoms with Gasteiger partial charge in [-0.3, -0.25) is 13.5 Å². The van der Waals surface area contributed by atoms with Gasteiger partial charge < -0.3 is 9.87 Å². The summed E-state index contributed by atoms with van der Waals surface area (Å²) in [6.07, 6.45) is 43.3. The number of hydrogen-bond donors (Lipinski definition) is 1. The number of nitrogens with zero attached hydrogens (tertiary/aromatic N) is 2. The maximum Gasteiger partial charge on any atom is 0.224 e. The van der Waals surface area contributed by atoms with Gasteiger partial charge in [-0.25, -0.2) is 13.4 Å². The Hall–Kier alpha value is -1.03. The smallest absolute Gasteiger partial charge is 0.224 e. The van der Waals surface area contributed by atoms with Crippen LogP contribution in [0.2, 0.25) is 0 Å². The number of hydrogen-bond acceptors (Lipinski definition) is 6. The normalized spacial score (nSPS) is 16.5. The quantitative estimate of drug-likeness (QED) is 0.0301. The zero-order valence-electron chi connectivity index (χ0n) is 34.5. The molecular formula is C42H85N3O5S. The lowest BCUT2D eigenvalue weighted by molar-refractivity contribution is -0.843. The third-order valence-corrected chi connectivity index (χ3v) is 11.3. The van der Waals surface area contributed by atoms with E-state index in [0.717, 1.165) is 37.5 Å². The minimum Gasteiger partial charge on any atom is -0.726 e. The Morgan fingerprint density at radius 2 is 0.980 bits per heavy atom. The highest BCUT2D eigenvalue weighted by Gasteiger charge is 2.39. The number of aliphatic imine (C=N–C) groups is 1. The van der Waals surface area contributed by atoms with Crippen LogP contribution in [0.4, 0.5) is 0 Å². The van der Waals surface area contributed by atoms with E-state index in [0.29, 0.717) is 6.42 Å². The molecule has 0 aromatic rings. The standard InChI is InChI=1S/C41H81N3O.CH4O4S/c1-5-7-9-11-13-15-17-19-21-23-25-27-29-31-33-35-40-42-37-38-44(40,4)39(3)43-41(45)36-34-32-30-28-26-24-22-20-18-16-14-12-10-8-6-2;1-5-6(2,3)4/h39H,5-38H2,1-4H3;1H3,(H,2,3,4). The molecule has 0 bridgehead atoms. The van der Waals surface area contributed by atoms with E-state index >= 15 is 0 Å². The predicted molar refractivity (Wildman–Crippen MR) is 217 cm³/mol. The Kier molecular flexibility index (Phi) is 34.0. The Morgan fingerprint density at radius 3 is 1.31 bits per heavy atom. The summed E-state index contributed by atoms with van der Waals surface area (Å²) in [5.41, 5.74) is 0. The van der Waals surface area contributed by atoms with E-state index in [9.17, 15) is 17.8 Å². The van der Waals surface area contributed by atoms with Gasteiger partial charge in [0.2, 0.25) is 16.3 Å². The number of unbranched alkanes of at least 4 members (excludes halogenated alkanes) is 28. The van der Waals surface area contributed by atoms with Crippen LogP contribution in [0.15, 0.2) is 4.99 Å². The number of likely N-dealkylation sites (N-methyl/N-ethyl adjacent to an activating group) is 1. The second-order valence-corrected chi connectivity index (χ2v) is 16.7. The molecule has 8 nitrogen and oxygen atoms in total. The summed E-state index contributed by atoms with van der Waals surface area (Å²) in [5, 5.41) is 3.35. The Bertz CT molecular complexity index is 929. The number of carbonyl (C=O) groups is 1. The summed E-state index contributed by atoms with van der Waals surface area (Å²) in [6, 6.07) is 0. The van der Waals surface area contributed by atoms with Crippen LogP contribution in [0.3, 0.4) is 0 Å². The Balaban J connectivity index is 0.00000381.